The molecule has 1 N–H and O–H groups in total. The average molecular weight is 330 g/mol. The summed E-state index contributed by atoms with van der Waals surface area (Å²) in [6.07, 6.45) is 7.08. The maximum Gasteiger partial charge on any atom is 0.122 e. The first-order valence-electron chi connectivity index (χ1n) is 8.72. The molecule has 0 aliphatic heterocycles. The SMILES string of the molecule is CCCC(Cc1ccsc1)NC1CCc2c(cccc2OC)C1. The van der Waals surface area contributed by atoms with Gasteiger partial charge in [-0.3, -0.25) is 0 Å². The van der Waals surface area contributed by atoms with E-state index in [1.54, 1.807) is 18.4 Å². The van der Waals surface area contributed by atoms with E-state index in [1.807, 2.05) is 0 Å². The normalized spacial score (nSPS) is 18.4. The Morgan fingerprint density at radius 2 is 2.26 bits per heavy atom. The molecule has 23 heavy (non-hydrogen) atoms. The van der Waals surface area contributed by atoms with E-state index in [0.717, 1.165) is 25.0 Å². The highest BCUT2D eigenvalue weighted by molar-refractivity contribution is 7.07. The monoisotopic (exact) mass is 329 g/mol. The van der Waals surface area contributed by atoms with Crippen molar-refractivity contribution in [2.45, 2.75) is 57.5 Å². The predicted octanol–water partition coefficient (Wildman–Crippen LogP) is 4.62. The van der Waals surface area contributed by atoms with E-state index < -0.39 is 0 Å². The van der Waals surface area contributed by atoms with Gasteiger partial charge in [-0.1, -0.05) is 25.5 Å². The van der Waals surface area contributed by atoms with Crippen LogP contribution in [0.15, 0.2) is 35.0 Å². The lowest BCUT2D eigenvalue weighted by Gasteiger charge is -2.30. The topological polar surface area (TPSA) is 21.3 Å². The Labute approximate surface area is 143 Å². The highest BCUT2D eigenvalue weighted by atomic mass is 32.1. The van der Waals surface area contributed by atoms with Crippen LogP contribution in [0.1, 0.15) is 42.9 Å². The molecule has 1 aliphatic carbocycles. The quantitative estimate of drug-likeness (QED) is 0.800. The smallest absolute Gasteiger partial charge is 0.122 e. The van der Waals surface area contributed by atoms with E-state index in [9.17, 15) is 0 Å². The third-order valence-electron chi connectivity index (χ3n) is 4.83. The molecule has 0 spiro atoms. The van der Waals surface area contributed by atoms with Crippen molar-refractivity contribution < 1.29 is 4.74 Å². The van der Waals surface area contributed by atoms with Crippen LogP contribution in [0.2, 0.25) is 0 Å². The van der Waals surface area contributed by atoms with Crippen molar-refractivity contribution in [1.82, 2.24) is 5.32 Å². The second kappa shape index (κ2) is 7.98. The lowest BCUT2D eigenvalue weighted by molar-refractivity contribution is 0.364. The Bertz CT molecular complexity index is 608. The number of ether oxygens (including phenoxy) is 1. The predicted molar refractivity (Wildman–Crippen MR) is 98.7 cm³/mol. The number of nitrogens with one attached hydrogen (secondary N) is 1. The Morgan fingerprint density at radius 3 is 3.00 bits per heavy atom. The van der Waals surface area contributed by atoms with Crippen LogP contribution in [0.3, 0.4) is 0 Å². The fraction of sp³-hybridized carbons (Fsp3) is 0.500. The zero-order chi connectivity index (χ0) is 16.1. The molecule has 1 aliphatic rings. The highest BCUT2D eigenvalue weighted by Crippen LogP contribution is 2.30. The summed E-state index contributed by atoms with van der Waals surface area (Å²) in [5.41, 5.74) is 4.34. The molecule has 0 saturated carbocycles. The fourth-order valence-corrected chi connectivity index (χ4v) is 4.41. The second-order valence-electron chi connectivity index (χ2n) is 6.53. The zero-order valence-electron chi connectivity index (χ0n) is 14.2. The Kier molecular flexibility index (Phi) is 5.74. The minimum atomic E-state index is 0.588. The summed E-state index contributed by atoms with van der Waals surface area (Å²) in [7, 11) is 1.78. The van der Waals surface area contributed by atoms with Crippen molar-refractivity contribution in [2.24, 2.45) is 0 Å². The minimum absolute atomic E-state index is 0.588. The molecule has 124 valence electrons. The third kappa shape index (κ3) is 4.15. The molecule has 2 aromatic rings. The molecule has 0 radical (unpaired) electrons. The van der Waals surface area contributed by atoms with E-state index in [1.165, 1.54) is 36.0 Å². The summed E-state index contributed by atoms with van der Waals surface area (Å²) in [4.78, 5) is 0. The molecule has 0 amide bonds. The van der Waals surface area contributed by atoms with Gasteiger partial charge in [-0.2, -0.15) is 11.3 Å². The van der Waals surface area contributed by atoms with Crippen LogP contribution in [-0.4, -0.2) is 19.2 Å². The second-order valence-corrected chi connectivity index (χ2v) is 7.31. The fourth-order valence-electron chi connectivity index (χ4n) is 3.73. The van der Waals surface area contributed by atoms with Gasteiger partial charge in [-0.25, -0.2) is 0 Å². The van der Waals surface area contributed by atoms with Gasteiger partial charge in [0.2, 0.25) is 0 Å². The maximum atomic E-state index is 5.52. The molecule has 0 fully saturated rings. The largest absolute Gasteiger partial charge is 0.496 e. The van der Waals surface area contributed by atoms with E-state index in [2.05, 4.69) is 47.3 Å². The van der Waals surface area contributed by atoms with Crippen molar-refractivity contribution in [3.8, 4) is 5.75 Å². The van der Waals surface area contributed by atoms with Crippen LogP contribution in [0.4, 0.5) is 0 Å². The van der Waals surface area contributed by atoms with Gasteiger partial charge >= 0.3 is 0 Å². The van der Waals surface area contributed by atoms with Crippen molar-refractivity contribution >= 4 is 11.3 Å². The van der Waals surface area contributed by atoms with Crippen molar-refractivity contribution in [1.29, 1.82) is 0 Å². The first-order chi connectivity index (χ1) is 11.3. The van der Waals surface area contributed by atoms with Crippen molar-refractivity contribution in [2.75, 3.05) is 7.11 Å². The van der Waals surface area contributed by atoms with E-state index in [4.69, 9.17) is 4.74 Å². The Morgan fingerprint density at radius 1 is 1.35 bits per heavy atom. The van der Waals surface area contributed by atoms with Gasteiger partial charge in [-0.05, 0) is 71.7 Å². The first kappa shape index (κ1) is 16.5. The van der Waals surface area contributed by atoms with Gasteiger partial charge in [0.05, 0.1) is 7.11 Å². The molecular formula is C20H27NOS. The average Bonchev–Trinajstić information content (AvgIpc) is 3.07. The number of fused-ring (bicyclic) bond motifs is 1. The van der Waals surface area contributed by atoms with Gasteiger partial charge in [0, 0.05) is 12.1 Å². The summed E-state index contributed by atoms with van der Waals surface area (Å²) in [5, 5.41) is 8.40. The van der Waals surface area contributed by atoms with Gasteiger partial charge in [0.25, 0.3) is 0 Å². The lowest BCUT2D eigenvalue weighted by atomic mass is 9.87. The van der Waals surface area contributed by atoms with Crippen LogP contribution in [-0.2, 0) is 19.3 Å². The summed E-state index contributed by atoms with van der Waals surface area (Å²) in [6.45, 7) is 2.28. The van der Waals surface area contributed by atoms with E-state index in [-0.39, 0.29) is 0 Å². The zero-order valence-corrected chi connectivity index (χ0v) is 15.0. The molecule has 1 heterocycles. The molecule has 1 aromatic carbocycles. The maximum absolute atomic E-state index is 5.52. The van der Waals surface area contributed by atoms with Gasteiger partial charge in [0.1, 0.15) is 5.75 Å². The molecule has 0 bridgehead atoms. The summed E-state index contributed by atoms with van der Waals surface area (Å²) < 4.78 is 5.52. The molecule has 3 rings (SSSR count). The Balaban J connectivity index is 1.65. The van der Waals surface area contributed by atoms with Crippen LogP contribution >= 0.6 is 11.3 Å². The van der Waals surface area contributed by atoms with Crippen LogP contribution < -0.4 is 10.1 Å². The molecular weight excluding hydrogens is 302 g/mol. The van der Waals surface area contributed by atoms with Crippen molar-refractivity contribution in [3.63, 3.8) is 0 Å². The summed E-state index contributed by atoms with van der Waals surface area (Å²) >= 11 is 1.80. The highest BCUT2D eigenvalue weighted by Gasteiger charge is 2.23. The number of methoxy groups -OCH3 is 1. The van der Waals surface area contributed by atoms with Crippen molar-refractivity contribution in [3.05, 3.63) is 51.7 Å². The standard InChI is InChI=1S/C20H27NOS/c1-3-5-17(12-15-10-11-23-14-15)21-18-8-9-19-16(13-18)6-4-7-20(19)22-2/h4,6-7,10-11,14,17-18,21H,3,5,8-9,12-13H2,1-2H3. The number of hydrogen-bond acceptors (Lipinski definition) is 3. The first-order valence-corrected chi connectivity index (χ1v) is 9.66. The molecule has 2 nitrogen and oxygen atoms in total. The molecule has 2 atom stereocenters. The molecule has 3 heteroatoms. The number of benzene rings is 1. The number of hydrogen-bond donors (Lipinski definition) is 1. The number of rotatable bonds is 7. The van der Waals surface area contributed by atoms with E-state index in [0.29, 0.717) is 12.1 Å². The van der Waals surface area contributed by atoms with E-state index >= 15 is 0 Å². The number of thiophene rings is 1. The van der Waals surface area contributed by atoms with Gasteiger partial charge < -0.3 is 10.1 Å². The molecule has 0 saturated heterocycles. The Hall–Kier alpha value is -1.32. The van der Waals surface area contributed by atoms with Gasteiger partial charge in [0.15, 0.2) is 0 Å². The van der Waals surface area contributed by atoms with Crippen LogP contribution in [0.5, 0.6) is 5.75 Å². The third-order valence-corrected chi connectivity index (χ3v) is 5.56. The molecule has 1 aromatic heterocycles. The minimum Gasteiger partial charge on any atom is -0.496 e. The molecule has 2 unspecified atom stereocenters. The summed E-state index contributed by atoms with van der Waals surface area (Å²) in [6, 6.07) is 9.91. The summed E-state index contributed by atoms with van der Waals surface area (Å²) in [5.74, 6) is 1.06. The van der Waals surface area contributed by atoms with Crippen LogP contribution in [0, 0.1) is 0 Å². The van der Waals surface area contributed by atoms with Crippen LogP contribution in [0.25, 0.3) is 0 Å². The lowest BCUT2D eigenvalue weighted by Crippen LogP contribution is -2.42. The van der Waals surface area contributed by atoms with Gasteiger partial charge in [-0.15, -0.1) is 0 Å².